The van der Waals surface area contributed by atoms with E-state index in [1.807, 2.05) is 61.5 Å². The molecule has 0 aromatic heterocycles. The average Bonchev–Trinajstić information content (AvgIpc) is 2.82. The van der Waals surface area contributed by atoms with E-state index in [9.17, 15) is 9.59 Å². The summed E-state index contributed by atoms with van der Waals surface area (Å²) in [7, 11) is 1.58. The van der Waals surface area contributed by atoms with E-state index in [1.165, 1.54) is 0 Å². The number of rotatable bonds is 9. The van der Waals surface area contributed by atoms with Crippen molar-refractivity contribution >= 4 is 23.4 Å². The minimum atomic E-state index is -0.689. The quantitative estimate of drug-likeness (QED) is 0.525. The summed E-state index contributed by atoms with van der Waals surface area (Å²) in [6, 6.07) is 23.9. The van der Waals surface area contributed by atoms with Gasteiger partial charge in [-0.05, 0) is 30.2 Å². The zero-order valence-electron chi connectivity index (χ0n) is 18.3. The maximum absolute atomic E-state index is 13.3. The molecule has 0 bridgehead atoms. The second-order valence-corrected chi connectivity index (χ2v) is 7.95. The number of carbonyl (C=O) groups excluding carboxylic acids is 2. The van der Waals surface area contributed by atoms with Gasteiger partial charge >= 0.3 is 0 Å². The molecule has 1 N–H and O–H groups in total. The number of nitrogens with zero attached hydrogens (tertiary/aromatic N) is 1. The molecule has 3 rings (SSSR count). The molecule has 0 aliphatic carbocycles. The van der Waals surface area contributed by atoms with E-state index in [4.69, 9.17) is 16.3 Å². The number of halogens is 1. The number of aryl methyl sites for hydroxylation is 1. The van der Waals surface area contributed by atoms with Crippen LogP contribution in [0.5, 0.6) is 5.75 Å². The van der Waals surface area contributed by atoms with Crippen molar-refractivity contribution in [2.45, 2.75) is 25.9 Å². The lowest BCUT2D eigenvalue weighted by Gasteiger charge is -2.31. The highest BCUT2D eigenvalue weighted by Gasteiger charge is 2.30. The molecular weight excluding hydrogens is 424 g/mol. The van der Waals surface area contributed by atoms with Crippen molar-refractivity contribution in [2.24, 2.45) is 0 Å². The fourth-order valence-electron chi connectivity index (χ4n) is 3.39. The number of benzene rings is 3. The molecule has 1 unspecified atom stereocenters. The minimum Gasteiger partial charge on any atom is -0.482 e. The number of ether oxygens (including phenoxy) is 1. The normalized spacial score (nSPS) is 11.5. The smallest absolute Gasteiger partial charge is 0.261 e. The van der Waals surface area contributed by atoms with Crippen molar-refractivity contribution in [3.05, 3.63) is 101 Å². The zero-order valence-corrected chi connectivity index (χ0v) is 19.0. The number of hydrogen-bond donors (Lipinski definition) is 1. The lowest BCUT2D eigenvalue weighted by molar-refractivity contribution is -0.142. The molecule has 0 aliphatic heterocycles. The van der Waals surface area contributed by atoms with E-state index >= 15 is 0 Å². The van der Waals surface area contributed by atoms with E-state index in [2.05, 4.69) is 5.32 Å². The van der Waals surface area contributed by atoms with Crippen molar-refractivity contribution in [3.8, 4) is 5.75 Å². The highest BCUT2D eigenvalue weighted by Crippen LogP contribution is 2.23. The van der Waals surface area contributed by atoms with Crippen LogP contribution in [0.1, 0.15) is 16.7 Å². The van der Waals surface area contributed by atoms with E-state index in [0.717, 1.165) is 16.7 Å². The Labute approximate surface area is 194 Å². The first kappa shape index (κ1) is 23.4. The number of hydrogen-bond acceptors (Lipinski definition) is 3. The summed E-state index contributed by atoms with van der Waals surface area (Å²) in [5.41, 5.74) is 3.03. The predicted octanol–water partition coefficient (Wildman–Crippen LogP) is 4.41. The number of amides is 2. The van der Waals surface area contributed by atoms with Gasteiger partial charge in [0.25, 0.3) is 5.91 Å². The Kier molecular flexibility index (Phi) is 8.28. The molecule has 3 aromatic rings. The molecule has 0 saturated heterocycles. The highest BCUT2D eigenvalue weighted by molar-refractivity contribution is 6.32. The maximum Gasteiger partial charge on any atom is 0.261 e. The first-order valence-electron chi connectivity index (χ1n) is 10.5. The molecule has 166 valence electrons. The third-order valence-electron chi connectivity index (χ3n) is 5.18. The second kappa shape index (κ2) is 11.3. The van der Waals surface area contributed by atoms with Gasteiger partial charge in [-0.15, -0.1) is 0 Å². The van der Waals surface area contributed by atoms with Gasteiger partial charge in [-0.3, -0.25) is 9.59 Å². The topological polar surface area (TPSA) is 58.6 Å². The summed E-state index contributed by atoms with van der Waals surface area (Å²) in [5.74, 6) is -0.0977. The Bertz CT molecular complexity index is 1040. The third kappa shape index (κ3) is 6.34. The molecule has 1 atom stereocenters. The Morgan fingerprint density at radius 2 is 1.59 bits per heavy atom. The van der Waals surface area contributed by atoms with Crippen molar-refractivity contribution in [1.82, 2.24) is 10.2 Å². The number of nitrogens with one attached hydrogen (secondary N) is 1. The summed E-state index contributed by atoms with van der Waals surface area (Å²) >= 11 is 6.16. The van der Waals surface area contributed by atoms with Crippen LogP contribution in [0.3, 0.4) is 0 Å². The molecule has 2 amide bonds. The second-order valence-electron chi connectivity index (χ2n) is 7.55. The van der Waals surface area contributed by atoms with Crippen molar-refractivity contribution < 1.29 is 14.3 Å². The first-order chi connectivity index (χ1) is 15.5. The van der Waals surface area contributed by atoms with Gasteiger partial charge in [0, 0.05) is 20.0 Å². The van der Waals surface area contributed by atoms with Crippen LogP contribution >= 0.6 is 11.6 Å². The molecule has 0 radical (unpaired) electrons. The largest absolute Gasteiger partial charge is 0.482 e. The van der Waals surface area contributed by atoms with Gasteiger partial charge < -0.3 is 15.0 Å². The molecular formula is C26H27ClN2O3. The summed E-state index contributed by atoms with van der Waals surface area (Å²) in [6.45, 7) is 2.07. The Hall–Kier alpha value is -3.31. The Balaban J connectivity index is 1.87. The predicted molar refractivity (Wildman–Crippen MR) is 127 cm³/mol. The molecule has 0 heterocycles. The summed E-state index contributed by atoms with van der Waals surface area (Å²) in [6.07, 6.45) is 0.393. The Morgan fingerprint density at radius 3 is 2.25 bits per heavy atom. The van der Waals surface area contributed by atoms with E-state index in [-0.39, 0.29) is 25.0 Å². The van der Waals surface area contributed by atoms with Gasteiger partial charge in [0.05, 0.1) is 5.02 Å². The van der Waals surface area contributed by atoms with Crippen molar-refractivity contribution in [3.63, 3.8) is 0 Å². The molecule has 3 aromatic carbocycles. The number of carbonyl (C=O) groups is 2. The number of para-hydroxylation sites is 1. The van der Waals surface area contributed by atoms with Crippen LogP contribution in [0, 0.1) is 6.92 Å². The van der Waals surface area contributed by atoms with Crippen LogP contribution in [0.4, 0.5) is 0 Å². The SMILES string of the molecule is CNC(=O)C(Cc1ccccc1)N(Cc1ccc(C)cc1)C(=O)COc1ccccc1Cl. The molecule has 0 aliphatic rings. The lowest BCUT2D eigenvalue weighted by atomic mass is 10.0. The van der Waals surface area contributed by atoms with Gasteiger partial charge in [0.15, 0.2) is 6.61 Å². The third-order valence-corrected chi connectivity index (χ3v) is 5.49. The molecule has 0 saturated carbocycles. The fraction of sp³-hybridized carbons (Fsp3) is 0.231. The average molecular weight is 451 g/mol. The molecule has 5 nitrogen and oxygen atoms in total. The standard InChI is InChI=1S/C26H27ClN2O3/c1-19-12-14-21(15-13-19)17-29(25(30)18-32-24-11-7-6-10-22(24)27)23(26(31)28-2)16-20-8-4-3-5-9-20/h3-15,23H,16-18H2,1-2H3,(H,28,31). The van der Waals surface area contributed by atoms with Gasteiger partial charge in [-0.1, -0.05) is 83.9 Å². The van der Waals surface area contributed by atoms with Crippen LogP contribution in [0.2, 0.25) is 5.02 Å². The summed E-state index contributed by atoms with van der Waals surface area (Å²) in [4.78, 5) is 27.8. The minimum absolute atomic E-state index is 0.224. The maximum atomic E-state index is 13.3. The van der Waals surface area contributed by atoms with Crippen molar-refractivity contribution in [1.29, 1.82) is 0 Å². The van der Waals surface area contributed by atoms with Gasteiger partial charge in [-0.25, -0.2) is 0 Å². The van der Waals surface area contributed by atoms with Gasteiger partial charge in [-0.2, -0.15) is 0 Å². The van der Waals surface area contributed by atoms with Crippen molar-refractivity contribution in [2.75, 3.05) is 13.7 Å². The van der Waals surface area contributed by atoms with Crippen LogP contribution in [-0.2, 0) is 22.6 Å². The van der Waals surface area contributed by atoms with Crippen LogP contribution in [0.15, 0.2) is 78.9 Å². The number of likely N-dealkylation sites (N-methyl/N-ethyl adjacent to an activating group) is 1. The lowest BCUT2D eigenvalue weighted by Crippen LogP contribution is -2.51. The van der Waals surface area contributed by atoms with Crippen LogP contribution in [0.25, 0.3) is 0 Å². The molecule has 32 heavy (non-hydrogen) atoms. The fourth-order valence-corrected chi connectivity index (χ4v) is 3.59. The molecule has 0 fully saturated rings. The molecule has 6 heteroatoms. The van der Waals surface area contributed by atoms with Gasteiger partial charge in [0.1, 0.15) is 11.8 Å². The monoisotopic (exact) mass is 450 g/mol. The zero-order chi connectivity index (χ0) is 22.9. The van der Waals surface area contributed by atoms with Gasteiger partial charge in [0.2, 0.25) is 5.91 Å². The summed E-state index contributed by atoms with van der Waals surface area (Å²) < 4.78 is 5.70. The molecule has 0 spiro atoms. The van der Waals surface area contributed by atoms with E-state index < -0.39 is 6.04 Å². The van der Waals surface area contributed by atoms with Crippen LogP contribution < -0.4 is 10.1 Å². The summed E-state index contributed by atoms with van der Waals surface area (Å²) in [5, 5.41) is 3.13. The highest BCUT2D eigenvalue weighted by atomic mass is 35.5. The van der Waals surface area contributed by atoms with Crippen LogP contribution in [-0.4, -0.2) is 36.4 Å². The van der Waals surface area contributed by atoms with E-state index in [0.29, 0.717) is 17.2 Å². The first-order valence-corrected chi connectivity index (χ1v) is 10.8. The van der Waals surface area contributed by atoms with E-state index in [1.54, 1.807) is 36.2 Å². The Morgan fingerprint density at radius 1 is 0.938 bits per heavy atom.